The van der Waals surface area contributed by atoms with Gasteiger partial charge in [0.2, 0.25) is 5.91 Å². The molecule has 4 aromatic rings. The summed E-state index contributed by atoms with van der Waals surface area (Å²) in [7, 11) is 1.63. The van der Waals surface area contributed by atoms with Crippen LogP contribution in [0.5, 0.6) is 5.75 Å². The summed E-state index contributed by atoms with van der Waals surface area (Å²) in [5.41, 5.74) is 2.96. The molecule has 0 bridgehead atoms. The second kappa shape index (κ2) is 7.86. The molecular formula is C22H20N2O3S. The van der Waals surface area contributed by atoms with Crippen LogP contribution in [0.1, 0.15) is 16.9 Å². The summed E-state index contributed by atoms with van der Waals surface area (Å²) in [6.45, 7) is 2.37. The van der Waals surface area contributed by atoms with E-state index < -0.39 is 0 Å². The fourth-order valence-corrected chi connectivity index (χ4v) is 3.90. The van der Waals surface area contributed by atoms with Crippen LogP contribution in [0.25, 0.3) is 10.2 Å². The van der Waals surface area contributed by atoms with E-state index >= 15 is 0 Å². The maximum Gasteiger partial charge on any atom is 0.233 e. The van der Waals surface area contributed by atoms with E-state index in [1.807, 2.05) is 61.5 Å². The molecule has 28 heavy (non-hydrogen) atoms. The molecule has 1 amide bonds. The number of hydrogen-bond donors (Lipinski definition) is 0. The lowest BCUT2D eigenvalue weighted by atomic mass is 10.1. The van der Waals surface area contributed by atoms with Crippen LogP contribution in [-0.2, 0) is 17.8 Å². The Hall–Kier alpha value is -3.12. The number of anilines is 1. The Kier molecular flexibility index (Phi) is 5.12. The van der Waals surface area contributed by atoms with Gasteiger partial charge in [-0.1, -0.05) is 41.2 Å². The first-order valence-electron chi connectivity index (χ1n) is 8.95. The maximum atomic E-state index is 13.2. The average molecular weight is 392 g/mol. The number of hydrogen-bond acceptors (Lipinski definition) is 5. The van der Waals surface area contributed by atoms with Crippen molar-refractivity contribution in [1.29, 1.82) is 0 Å². The molecule has 5 nitrogen and oxygen atoms in total. The van der Waals surface area contributed by atoms with Crippen molar-refractivity contribution in [3.8, 4) is 5.75 Å². The first-order valence-corrected chi connectivity index (χ1v) is 9.77. The van der Waals surface area contributed by atoms with Crippen LogP contribution in [0, 0.1) is 6.92 Å². The number of methoxy groups -OCH3 is 1. The van der Waals surface area contributed by atoms with Crippen LogP contribution in [-0.4, -0.2) is 18.0 Å². The Morgan fingerprint density at radius 1 is 1.18 bits per heavy atom. The predicted octanol–water partition coefficient (Wildman–Crippen LogP) is 4.98. The SMILES string of the molecule is COc1ccc2sc(N(Cc3ccco3)C(=O)Cc3ccc(C)cc3)nc2c1. The Bertz CT molecular complexity index is 1080. The van der Waals surface area contributed by atoms with Gasteiger partial charge in [-0.15, -0.1) is 0 Å². The van der Waals surface area contributed by atoms with Crippen molar-refractivity contribution in [3.63, 3.8) is 0 Å². The molecule has 0 aliphatic heterocycles. The number of aryl methyl sites for hydroxylation is 1. The van der Waals surface area contributed by atoms with Crippen LogP contribution in [0.15, 0.2) is 65.3 Å². The highest BCUT2D eigenvalue weighted by Gasteiger charge is 2.21. The van der Waals surface area contributed by atoms with E-state index in [1.165, 1.54) is 16.9 Å². The smallest absolute Gasteiger partial charge is 0.233 e. The van der Waals surface area contributed by atoms with E-state index in [2.05, 4.69) is 4.98 Å². The third kappa shape index (κ3) is 3.92. The molecule has 0 saturated heterocycles. The Labute approximate surface area is 167 Å². The summed E-state index contributed by atoms with van der Waals surface area (Å²) < 4.78 is 11.8. The molecule has 0 fully saturated rings. The van der Waals surface area contributed by atoms with Crippen LogP contribution < -0.4 is 9.64 Å². The lowest BCUT2D eigenvalue weighted by Gasteiger charge is -2.18. The van der Waals surface area contributed by atoms with Gasteiger partial charge in [-0.2, -0.15) is 0 Å². The molecule has 2 aromatic carbocycles. The van der Waals surface area contributed by atoms with E-state index in [9.17, 15) is 4.79 Å². The summed E-state index contributed by atoms with van der Waals surface area (Å²) >= 11 is 1.48. The van der Waals surface area contributed by atoms with Crippen LogP contribution in [0.3, 0.4) is 0 Å². The number of ether oxygens (including phenoxy) is 1. The van der Waals surface area contributed by atoms with Crippen molar-refractivity contribution < 1.29 is 13.9 Å². The van der Waals surface area contributed by atoms with Crippen LogP contribution >= 0.6 is 11.3 Å². The normalized spacial score (nSPS) is 10.9. The average Bonchev–Trinajstić information content (AvgIpc) is 3.36. The molecule has 0 aliphatic rings. The molecule has 2 heterocycles. The maximum absolute atomic E-state index is 13.2. The third-order valence-corrected chi connectivity index (χ3v) is 5.54. The summed E-state index contributed by atoms with van der Waals surface area (Å²) in [5.74, 6) is 1.44. The van der Waals surface area contributed by atoms with Crippen molar-refractivity contribution in [1.82, 2.24) is 4.98 Å². The van der Waals surface area contributed by atoms with Crippen molar-refractivity contribution in [2.75, 3.05) is 12.0 Å². The van der Waals surface area contributed by atoms with Crippen molar-refractivity contribution >= 4 is 32.6 Å². The number of fused-ring (bicyclic) bond motifs is 1. The lowest BCUT2D eigenvalue weighted by Crippen LogP contribution is -2.31. The zero-order valence-corrected chi connectivity index (χ0v) is 16.5. The standard InChI is InChI=1S/C22H20N2O3S/c1-15-5-7-16(8-6-15)12-21(25)24(14-18-4-3-11-27-18)22-23-19-13-17(26-2)9-10-20(19)28-22/h3-11,13H,12,14H2,1-2H3. The van der Waals surface area contributed by atoms with Crippen LogP contribution in [0.2, 0.25) is 0 Å². The summed E-state index contributed by atoms with van der Waals surface area (Å²) in [4.78, 5) is 19.5. The van der Waals surface area contributed by atoms with Gasteiger partial charge in [0.15, 0.2) is 5.13 Å². The lowest BCUT2D eigenvalue weighted by molar-refractivity contribution is -0.118. The molecule has 0 aliphatic carbocycles. The van der Waals surface area contributed by atoms with E-state index in [0.29, 0.717) is 23.9 Å². The van der Waals surface area contributed by atoms with Gasteiger partial charge < -0.3 is 9.15 Å². The minimum absolute atomic E-state index is 0.0220. The first kappa shape index (κ1) is 18.3. The van der Waals surface area contributed by atoms with Gasteiger partial charge in [-0.25, -0.2) is 4.98 Å². The molecule has 2 aromatic heterocycles. The molecular weight excluding hydrogens is 372 g/mol. The number of thiazole rings is 1. The van der Waals surface area contributed by atoms with Gasteiger partial charge >= 0.3 is 0 Å². The van der Waals surface area contributed by atoms with Gasteiger partial charge in [-0.05, 0) is 36.8 Å². The highest BCUT2D eigenvalue weighted by molar-refractivity contribution is 7.22. The number of carbonyl (C=O) groups excluding carboxylic acids is 1. The van der Waals surface area contributed by atoms with Gasteiger partial charge in [0.1, 0.15) is 11.5 Å². The molecule has 0 saturated carbocycles. The third-order valence-electron chi connectivity index (χ3n) is 4.49. The molecule has 4 rings (SSSR count). The number of benzene rings is 2. The molecule has 6 heteroatoms. The molecule has 142 valence electrons. The molecule has 0 radical (unpaired) electrons. The number of nitrogens with zero attached hydrogens (tertiary/aromatic N) is 2. The Balaban J connectivity index is 1.66. The van der Waals surface area contributed by atoms with Gasteiger partial charge in [0.05, 0.1) is 36.6 Å². The fourth-order valence-electron chi connectivity index (χ4n) is 2.93. The zero-order valence-electron chi connectivity index (χ0n) is 15.7. The topological polar surface area (TPSA) is 55.6 Å². The first-order chi connectivity index (χ1) is 13.6. The highest BCUT2D eigenvalue weighted by atomic mass is 32.1. The van der Waals surface area contributed by atoms with E-state index in [-0.39, 0.29) is 5.91 Å². The molecule has 0 N–H and O–H groups in total. The van der Waals surface area contributed by atoms with Gasteiger partial charge in [-0.3, -0.25) is 9.69 Å². The second-order valence-corrected chi connectivity index (χ2v) is 7.56. The van der Waals surface area contributed by atoms with Crippen LogP contribution in [0.4, 0.5) is 5.13 Å². The zero-order chi connectivity index (χ0) is 19.5. The van der Waals surface area contributed by atoms with E-state index in [0.717, 1.165) is 21.5 Å². The molecule has 0 spiro atoms. The van der Waals surface area contributed by atoms with E-state index in [4.69, 9.17) is 9.15 Å². The van der Waals surface area contributed by atoms with E-state index in [1.54, 1.807) is 18.3 Å². The minimum atomic E-state index is -0.0220. The Morgan fingerprint density at radius 2 is 2.00 bits per heavy atom. The number of rotatable bonds is 6. The van der Waals surface area contributed by atoms with Crippen molar-refractivity contribution in [3.05, 3.63) is 77.7 Å². The number of carbonyl (C=O) groups is 1. The van der Waals surface area contributed by atoms with Crippen molar-refractivity contribution in [2.45, 2.75) is 19.9 Å². The van der Waals surface area contributed by atoms with Crippen molar-refractivity contribution in [2.24, 2.45) is 0 Å². The largest absolute Gasteiger partial charge is 0.497 e. The summed E-state index contributed by atoms with van der Waals surface area (Å²) in [5, 5.41) is 0.650. The fraction of sp³-hybridized carbons (Fsp3) is 0.182. The predicted molar refractivity (Wildman–Crippen MR) is 111 cm³/mol. The number of furan rings is 1. The number of amides is 1. The highest BCUT2D eigenvalue weighted by Crippen LogP contribution is 2.32. The molecule has 0 atom stereocenters. The monoisotopic (exact) mass is 392 g/mol. The summed E-state index contributed by atoms with van der Waals surface area (Å²) in [6, 6.07) is 17.4. The molecule has 0 unspecified atom stereocenters. The minimum Gasteiger partial charge on any atom is -0.497 e. The quantitative estimate of drug-likeness (QED) is 0.464. The Morgan fingerprint density at radius 3 is 2.71 bits per heavy atom. The number of aromatic nitrogens is 1. The second-order valence-electron chi connectivity index (χ2n) is 6.55. The van der Waals surface area contributed by atoms with Gasteiger partial charge in [0.25, 0.3) is 0 Å². The summed E-state index contributed by atoms with van der Waals surface area (Å²) in [6.07, 6.45) is 1.92. The van der Waals surface area contributed by atoms with Gasteiger partial charge in [0, 0.05) is 6.07 Å².